The van der Waals surface area contributed by atoms with Gasteiger partial charge in [-0.25, -0.2) is 18.4 Å². The van der Waals surface area contributed by atoms with E-state index in [0.717, 1.165) is 34.1 Å². The van der Waals surface area contributed by atoms with Crippen molar-refractivity contribution >= 4 is 43.8 Å². The molecule has 4 rings (SSSR count). The number of thiazole rings is 1. The molecule has 1 aromatic carbocycles. The van der Waals surface area contributed by atoms with Crippen molar-refractivity contribution in [2.45, 2.75) is 50.0 Å². The Balaban J connectivity index is 1.63. The van der Waals surface area contributed by atoms with E-state index < -0.39 is 10.0 Å². The number of ether oxygens (including phenoxy) is 1. The van der Waals surface area contributed by atoms with Crippen LogP contribution in [0.3, 0.4) is 0 Å². The first-order valence-electron chi connectivity index (χ1n) is 10.4. The number of aryl methyl sites for hydroxylation is 1. The van der Waals surface area contributed by atoms with Gasteiger partial charge in [-0.2, -0.15) is 0 Å². The number of hydrogen-bond acceptors (Lipinski definition) is 7. The second-order valence-corrected chi connectivity index (χ2v) is 10.8. The highest BCUT2D eigenvalue weighted by molar-refractivity contribution is 7.92. The smallest absolute Gasteiger partial charge is 0.265 e. The minimum atomic E-state index is -3.92. The van der Waals surface area contributed by atoms with Gasteiger partial charge in [0, 0.05) is 6.04 Å². The maximum atomic E-state index is 13.1. The molecular weight excluding hydrogens is 468 g/mol. The number of aromatic nitrogens is 2. The number of nitrogens with one attached hydrogen (secondary N) is 2. The van der Waals surface area contributed by atoms with Crippen molar-refractivity contribution in [1.29, 1.82) is 0 Å². The van der Waals surface area contributed by atoms with Gasteiger partial charge in [-0.3, -0.25) is 4.72 Å². The molecule has 1 aliphatic rings. The van der Waals surface area contributed by atoms with Gasteiger partial charge in [-0.05, 0) is 55.7 Å². The molecule has 7 nitrogen and oxygen atoms in total. The zero-order valence-corrected chi connectivity index (χ0v) is 20.3. The number of pyridine rings is 1. The van der Waals surface area contributed by atoms with Crippen molar-refractivity contribution in [3.8, 4) is 16.2 Å². The summed E-state index contributed by atoms with van der Waals surface area (Å²) >= 11 is 7.34. The highest BCUT2D eigenvalue weighted by Gasteiger charge is 2.23. The predicted molar refractivity (Wildman–Crippen MR) is 129 cm³/mol. The van der Waals surface area contributed by atoms with Crippen LogP contribution in [-0.4, -0.2) is 31.5 Å². The Hall–Kier alpha value is -2.36. The molecule has 1 fully saturated rings. The van der Waals surface area contributed by atoms with Gasteiger partial charge in [-0.1, -0.05) is 42.2 Å². The zero-order valence-electron chi connectivity index (χ0n) is 17.9. The summed E-state index contributed by atoms with van der Waals surface area (Å²) < 4.78 is 34.1. The number of anilines is 2. The molecule has 32 heavy (non-hydrogen) atoms. The number of benzene rings is 1. The van der Waals surface area contributed by atoms with Gasteiger partial charge >= 0.3 is 0 Å². The van der Waals surface area contributed by atoms with E-state index in [0.29, 0.717) is 11.7 Å². The van der Waals surface area contributed by atoms with Crippen molar-refractivity contribution in [2.75, 3.05) is 17.1 Å². The molecule has 0 radical (unpaired) electrons. The first-order valence-corrected chi connectivity index (χ1v) is 13.1. The van der Waals surface area contributed by atoms with Crippen molar-refractivity contribution in [2.24, 2.45) is 0 Å². The van der Waals surface area contributed by atoms with Crippen LogP contribution < -0.4 is 14.8 Å². The Bertz CT molecular complexity index is 1190. The molecule has 0 saturated heterocycles. The van der Waals surface area contributed by atoms with Gasteiger partial charge in [-0.15, -0.1) is 0 Å². The Morgan fingerprint density at radius 1 is 1.16 bits per heavy atom. The molecule has 2 N–H and O–H groups in total. The Morgan fingerprint density at radius 3 is 2.62 bits per heavy atom. The largest absolute Gasteiger partial charge is 0.495 e. The van der Waals surface area contributed by atoms with Crippen LogP contribution >= 0.6 is 22.9 Å². The predicted octanol–water partition coefficient (Wildman–Crippen LogP) is 5.72. The number of sulfonamides is 1. The molecule has 3 aromatic rings. The maximum absolute atomic E-state index is 13.1. The normalized spacial score (nSPS) is 14.8. The Morgan fingerprint density at radius 2 is 1.94 bits per heavy atom. The molecule has 0 unspecified atom stereocenters. The van der Waals surface area contributed by atoms with E-state index in [4.69, 9.17) is 16.3 Å². The molecule has 2 aromatic heterocycles. The van der Waals surface area contributed by atoms with Crippen LogP contribution in [0.1, 0.15) is 37.8 Å². The third-order valence-corrected chi connectivity index (χ3v) is 8.19. The van der Waals surface area contributed by atoms with Crippen molar-refractivity contribution in [1.82, 2.24) is 9.97 Å². The summed E-state index contributed by atoms with van der Waals surface area (Å²) in [5.74, 6) is 0.255. The molecule has 0 amide bonds. The molecule has 0 atom stereocenters. The highest BCUT2D eigenvalue weighted by Crippen LogP contribution is 2.37. The third-order valence-electron chi connectivity index (χ3n) is 5.42. The van der Waals surface area contributed by atoms with Gasteiger partial charge in [0.05, 0.1) is 29.6 Å². The Labute approximate surface area is 197 Å². The van der Waals surface area contributed by atoms with E-state index in [2.05, 4.69) is 20.0 Å². The fourth-order valence-corrected chi connectivity index (χ4v) is 6.21. The minimum Gasteiger partial charge on any atom is -0.495 e. The van der Waals surface area contributed by atoms with Crippen molar-refractivity contribution in [3.63, 3.8) is 0 Å². The minimum absolute atomic E-state index is 0.0436. The average Bonchev–Trinajstić information content (AvgIpc) is 3.15. The number of nitrogens with zero attached hydrogens (tertiary/aromatic N) is 2. The van der Waals surface area contributed by atoms with Gasteiger partial charge in [0.2, 0.25) is 0 Å². The molecule has 2 heterocycles. The summed E-state index contributed by atoms with van der Waals surface area (Å²) in [7, 11) is -2.47. The SMILES string of the molecule is COc1ccc(-c2sc(NC3CCCCC3)nc2C)cc1S(=O)(=O)Nc1ccc(Cl)nc1. The molecule has 0 spiro atoms. The van der Waals surface area contributed by atoms with Crippen LogP contribution in [0, 0.1) is 6.92 Å². The van der Waals surface area contributed by atoms with E-state index in [1.807, 2.05) is 13.0 Å². The molecule has 0 bridgehead atoms. The average molecular weight is 493 g/mol. The number of hydrogen-bond donors (Lipinski definition) is 2. The summed E-state index contributed by atoms with van der Waals surface area (Å²) in [5.41, 5.74) is 1.94. The number of halogens is 1. The van der Waals surface area contributed by atoms with E-state index in [1.165, 1.54) is 38.6 Å². The Kier molecular flexibility index (Phi) is 6.88. The van der Waals surface area contributed by atoms with Crippen LogP contribution in [0.15, 0.2) is 41.4 Å². The van der Waals surface area contributed by atoms with Crippen LogP contribution in [0.5, 0.6) is 5.75 Å². The van der Waals surface area contributed by atoms with E-state index >= 15 is 0 Å². The van der Waals surface area contributed by atoms with Gasteiger partial charge < -0.3 is 10.1 Å². The second kappa shape index (κ2) is 9.64. The maximum Gasteiger partial charge on any atom is 0.265 e. The first kappa shape index (κ1) is 22.8. The lowest BCUT2D eigenvalue weighted by Gasteiger charge is -2.22. The highest BCUT2D eigenvalue weighted by atomic mass is 35.5. The molecule has 1 saturated carbocycles. The van der Waals surface area contributed by atoms with Crippen LogP contribution in [0.2, 0.25) is 5.15 Å². The third kappa shape index (κ3) is 5.16. The summed E-state index contributed by atoms with van der Waals surface area (Å²) in [6, 6.07) is 8.67. The quantitative estimate of drug-likeness (QED) is 0.409. The number of methoxy groups -OCH3 is 1. The lowest BCUT2D eigenvalue weighted by molar-refractivity contribution is 0.403. The molecular formula is C22H25ClN4O3S2. The van der Waals surface area contributed by atoms with Crippen LogP contribution in [0.25, 0.3) is 10.4 Å². The van der Waals surface area contributed by atoms with Crippen molar-refractivity contribution < 1.29 is 13.2 Å². The topological polar surface area (TPSA) is 93.2 Å². The fraction of sp³-hybridized carbons (Fsp3) is 0.364. The first-order chi connectivity index (χ1) is 15.4. The number of rotatable bonds is 7. The summed E-state index contributed by atoms with van der Waals surface area (Å²) in [5, 5.41) is 4.70. The lowest BCUT2D eigenvalue weighted by atomic mass is 9.96. The molecule has 0 aliphatic heterocycles. The van der Waals surface area contributed by atoms with E-state index in [-0.39, 0.29) is 15.8 Å². The molecule has 10 heteroatoms. The van der Waals surface area contributed by atoms with E-state index in [1.54, 1.807) is 29.5 Å². The van der Waals surface area contributed by atoms with Gasteiger partial charge in [0.25, 0.3) is 10.0 Å². The monoisotopic (exact) mass is 492 g/mol. The summed E-state index contributed by atoms with van der Waals surface area (Å²) in [6.45, 7) is 1.94. The summed E-state index contributed by atoms with van der Waals surface area (Å²) in [6.07, 6.45) is 7.46. The van der Waals surface area contributed by atoms with Crippen LogP contribution in [0.4, 0.5) is 10.8 Å². The zero-order chi connectivity index (χ0) is 22.7. The standard InChI is InChI=1S/C22H25ClN4O3S2/c1-14-21(31-22(25-14)26-16-6-4-3-5-7-16)15-8-10-18(30-2)19(12-15)32(28,29)27-17-9-11-20(23)24-13-17/h8-13,16,27H,3-7H2,1-2H3,(H,25,26). The second-order valence-electron chi connectivity index (χ2n) is 7.75. The van der Waals surface area contributed by atoms with Crippen molar-refractivity contribution in [3.05, 3.63) is 47.4 Å². The van der Waals surface area contributed by atoms with E-state index in [9.17, 15) is 8.42 Å². The fourth-order valence-electron chi connectivity index (χ4n) is 3.82. The molecule has 1 aliphatic carbocycles. The summed E-state index contributed by atoms with van der Waals surface area (Å²) in [4.78, 5) is 9.57. The van der Waals surface area contributed by atoms with Crippen LogP contribution in [-0.2, 0) is 10.0 Å². The lowest BCUT2D eigenvalue weighted by Crippen LogP contribution is -2.21. The van der Waals surface area contributed by atoms with Gasteiger partial charge in [0.15, 0.2) is 5.13 Å². The molecule has 170 valence electrons. The van der Waals surface area contributed by atoms with Gasteiger partial charge in [0.1, 0.15) is 15.8 Å².